The van der Waals surface area contributed by atoms with Crippen molar-refractivity contribution in [2.75, 3.05) is 53.1 Å². The van der Waals surface area contributed by atoms with Gasteiger partial charge in [-0.05, 0) is 48.9 Å². The number of benzene rings is 2. The number of nitrogens with zero attached hydrogens (tertiary/aromatic N) is 2. The van der Waals surface area contributed by atoms with Gasteiger partial charge >= 0.3 is 0 Å². The third-order valence-corrected chi connectivity index (χ3v) is 6.15. The number of likely N-dealkylation sites (tertiary alicyclic amines) is 1. The summed E-state index contributed by atoms with van der Waals surface area (Å²) >= 11 is 0. The number of methoxy groups -OCH3 is 1. The van der Waals surface area contributed by atoms with Gasteiger partial charge < -0.3 is 24.2 Å². The molecule has 8 heteroatoms. The molecule has 1 amide bonds. The number of morpholine rings is 1. The summed E-state index contributed by atoms with van der Waals surface area (Å²) in [6, 6.07) is 13.4. The van der Waals surface area contributed by atoms with E-state index in [2.05, 4.69) is 4.90 Å². The zero-order valence-electron chi connectivity index (χ0n) is 19.5. The Balaban J connectivity index is 1.74. The first-order valence-electron chi connectivity index (χ1n) is 11.5. The van der Waals surface area contributed by atoms with Gasteiger partial charge in [-0.25, -0.2) is 0 Å². The van der Waals surface area contributed by atoms with Gasteiger partial charge in [-0.15, -0.1) is 0 Å². The zero-order chi connectivity index (χ0) is 24.1. The number of amides is 1. The first-order chi connectivity index (χ1) is 16.5. The summed E-state index contributed by atoms with van der Waals surface area (Å²) in [7, 11) is 1.56. The molecule has 8 nitrogen and oxygen atoms in total. The number of carbonyl (C=O) groups is 2. The van der Waals surface area contributed by atoms with Gasteiger partial charge in [0.2, 0.25) is 0 Å². The Kier molecular flexibility index (Phi) is 7.49. The molecule has 2 aliphatic rings. The van der Waals surface area contributed by atoms with E-state index in [1.54, 1.807) is 36.3 Å². The van der Waals surface area contributed by atoms with Crippen LogP contribution in [0.25, 0.3) is 5.76 Å². The van der Waals surface area contributed by atoms with Gasteiger partial charge in [-0.2, -0.15) is 0 Å². The highest BCUT2D eigenvalue weighted by Crippen LogP contribution is 2.40. The fraction of sp³-hybridized carbons (Fsp3) is 0.385. The number of rotatable bonds is 8. The van der Waals surface area contributed by atoms with Gasteiger partial charge in [-0.1, -0.05) is 12.1 Å². The Morgan fingerprint density at radius 2 is 1.79 bits per heavy atom. The second-order valence-electron chi connectivity index (χ2n) is 8.18. The van der Waals surface area contributed by atoms with Gasteiger partial charge in [0.1, 0.15) is 17.3 Å². The van der Waals surface area contributed by atoms with Crippen molar-refractivity contribution in [2.45, 2.75) is 13.0 Å². The van der Waals surface area contributed by atoms with Gasteiger partial charge in [0.15, 0.2) is 0 Å². The molecule has 0 aliphatic carbocycles. The Bertz CT molecular complexity index is 1060. The summed E-state index contributed by atoms with van der Waals surface area (Å²) in [6.45, 7) is 6.21. The number of ketones is 1. The van der Waals surface area contributed by atoms with Crippen molar-refractivity contribution in [1.29, 1.82) is 0 Å². The molecule has 180 valence electrons. The predicted molar refractivity (Wildman–Crippen MR) is 127 cm³/mol. The SMILES string of the molecule is CCOc1cccc([C@H]2C(=C(O)c3ccc(OC)cc3)C(=O)C(=O)N2CCN2CCOCC2)c1. The summed E-state index contributed by atoms with van der Waals surface area (Å²) in [5.74, 6) is -0.245. The molecule has 0 spiro atoms. The zero-order valence-corrected chi connectivity index (χ0v) is 19.5. The Labute approximate surface area is 199 Å². The molecule has 2 heterocycles. The van der Waals surface area contributed by atoms with Crippen LogP contribution in [0.15, 0.2) is 54.1 Å². The van der Waals surface area contributed by atoms with Crippen molar-refractivity contribution in [3.8, 4) is 11.5 Å². The second-order valence-corrected chi connectivity index (χ2v) is 8.18. The minimum absolute atomic E-state index is 0.0748. The van der Waals surface area contributed by atoms with Crippen molar-refractivity contribution in [3.05, 3.63) is 65.2 Å². The van der Waals surface area contributed by atoms with Crippen LogP contribution in [0, 0.1) is 0 Å². The number of hydrogen-bond donors (Lipinski definition) is 1. The lowest BCUT2D eigenvalue weighted by Crippen LogP contribution is -2.42. The van der Waals surface area contributed by atoms with Crippen LogP contribution in [0.5, 0.6) is 11.5 Å². The largest absolute Gasteiger partial charge is 0.507 e. The number of ether oxygens (including phenoxy) is 3. The molecule has 2 aromatic rings. The Morgan fingerprint density at radius 1 is 1.06 bits per heavy atom. The van der Waals surface area contributed by atoms with Crippen molar-refractivity contribution in [1.82, 2.24) is 9.80 Å². The molecule has 2 saturated heterocycles. The average Bonchev–Trinajstić information content (AvgIpc) is 3.13. The van der Waals surface area contributed by atoms with E-state index in [0.717, 1.165) is 13.1 Å². The highest BCUT2D eigenvalue weighted by atomic mass is 16.5. The highest BCUT2D eigenvalue weighted by Gasteiger charge is 2.46. The topological polar surface area (TPSA) is 88.5 Å². The number of hydrogen-bond acceptors (Lipinski definition) is 7. The lowest BCUT2D eigenvalue weighted by molar-refractivity contribution is -0.140. The molecule has 1 atom stereocenters. The fourth-order valence-electron chi connectivity index (χ4n) is 4.38. The van der Waals surface area contributed by atoms with E-state index >= 15 is 0 Å². The normalized spacial score (nSPS) is 20.5. The van der Waals surface area contributed by atoms with Gasteiger partial charge in [0, 0.05) is 31.7 Å². The number of aliphatic hydroxyl groups is 1. The molecule has 0 radical (unpaired) electrons. The molecule has 1 N–H and O–H groups in total. The molecule has 0 bridgehead atoms. The molecule has 2 fully saturated rings. The maximum atomic E-state index is 13.2. The van der Waals surface area contributed by atoms with Gasteiger partial charge in [-0.3, -0.25) is 14.5 Å². The summed E-state index contributed by atoms with van der Waals surface area (Å²) in [6.07, 6.45) is 0. The van der Waals surface area contributed by atoms with E-state index in [0.29, 0.717) is 55.5 Å². The Hall–Kier alpha value is -3.36. The van der Waals surface area contributed by atoms with Crippen molar-refractivity contribution < 1.29 is 28.9 Å². The first kappa shape index (κ1) is 23.8. The van der Waals surface area contributed by atoms with Crippen molar-refractivity contribution >= 4 is 17.4 Å². The molecule has 0 aromatic heterocycles. The third kappa shape index (κ3) is 4.93. The summed E-state index contributed by atoms with van der Waals surface area (Å²) in [5.41, 5.74) is 1.23. The van der Waals surface area contributed by atoms with E-state index in [-0.39, 0.29) is 11.3 Å². The Morgan fingerprint density at radius 3 is 2.47 bits per heavy atom. The van der Waals surface area contributed by atoms with Crippen molar-refractivity contribution in [3.63, 3.8) is 0 Å². The number of aliphatic hydroxyl groups excluding tert-OH is 1. The van der Waals surface area contributed by atoms with Crippen LogP contribution in [0.2, 0.25) is 0 Å². The molecular weight excluding hydrogens is 436 g/mol. The monoisotopic (exact) mass is 466 g/mol. The molecule has 0 unspecified atom stereocenters. The van der Waals surface area contributed by atoms with Crippen LogP contribution in [-0.2, 0) is 14.3 Å². The minimum Gasteiger partial charge on any atom is -0.507 e. The van der Waals surface area contributed by atoms with Gasteiger partial charge in [0.05, 0.1) is 38.5 Å². The van der Waals surface area contributed by atoms with Crippen LogP contribution in [0.4, 0.5) is 0 Å². The smallest absolute Gasteiger partial charge is 0.295 e. The minimum atomic E-state index is -0.719. The van der Waals surface area contributed by atoms with E-state index in [1.807, 2.05) is 31.2 Å². The second kappa shape index (κ2) is 10.7. The maximum absolute atomic E-state index is 13.2. The van der Waals surface area contributed by atoms with Crippen LogP contribution >= 0.6 is 0 Å². The number of carbonyl (C=O) groups excluding carboxylic acids is 2. The molecule has 2 aliphatic heterocycles. The van der Waals surface area contributed by atoms with Crippen LogP contribution in [0.1, 0.15) is 24.1 Å². The standard InChI is InChI=1S/C26H30N2O6/c1-3-34-21-6-4-5-19(17-21)23-22(24(29)18-7-9-20(32-2)10-8-18)25(30)26(31)28(23)12-11-27-13-15-33-16-14-27/h4-10,17,23,29H,3,11-16H2,1-2H3/t23-/m0/s1. The summed E-state index contributed by atoms with van der Waals surface area (Å²) in [5, 5.41) is 11.2. The summed E-state index contributed by atoms with van der Waals surface area (Å²) in [4.78, 5) is 30.1. The lowest BCUT2D eigenvalue weighted by atomic mass is 9.95. The van der Waals surface area contributed by atoms with Crippen LogP contribution < -0.4 is 9.47 Å². The fourth-order valence-corrected chi connectivity index (χ4v) is 4.38. The highest BCUT2D eigenvalue weighted by molar-refractivity contribution is 6.46. The maximum Gasteiger partial charge on any atom is 0.295 e. The van der Waals surface area contributed by atoms with Gasteiger partial charge in [0.25, 0.3) is 11.7 Å². The van der Waals surface area contributed by atoms with Crippen LogP contribution in [-0.4, -0.2) is 79.7 Å². The summed E-state index contributed by atoms with van der Waals surface area (Å²) < 4.78 is 16.3. The predicted octanol–water partition coefficient (Wildman–Crippen LogP) is 2.85. The van der Waals surface area contributed by atoms with E-state index in [9.17, 15) is 14.7 Å². The number of Topliss-reactive ketones (excluding diaryl/α,β-unsaturated/α-hetero) is 1. The average molecular weight is 467 g/mol. The lowest BCUT2D eigenvalue weighted by Gasteiger charge is -2.31. The first-order valence-corrected chi connectivity index (χ1v) is 11.5. The molecule has 0 saturated carbocycles. The molecule has 2 aromatic carbocycles. The van der Waals surface area contributed by atoms with E-state index < -0.39 is 17.7 Å². The van der Waals surface area contributed by atoms with E-state index in [1.165, 1.54) is 0 Å². The molecular formula is C26H30N2O6. The quantitative estimate of drug-likeness (QED) is 0.364. The third-order valence-electron chi connectivity index (χ3n) is 6.15. The molecule has 34 heavy (non-hydrogen) atoms. The van der Waals surface area contributed by atoms with E-state index in [4.69, 9.17) is 14.2 Å². The van der Waals surface area contributed by atoms with Crippen LogP contribution in [0.3, 0.4) is 0 Å². The molecule has 4 rings (SSSR count). The van der Waals surface area contributed by atoms with Crippen molar-refractivity contribution in [2.24, 2.45) is 0 Å².